The average Bonchev–Trinajstić information content (AvgIpc) is 2.43. The van der Waals surface area contributed by atoms with Gasteiger partial charge in [0.2, 0.25) is 11.7 Å². The van der Waals surface area contributed by atoms with Gasteiger partial charge in [0.25, 0.3) is 0 Å². The summed E-state index contributed by atoms with van der Waals surface area (Å²) >= 11 is 0. The lowest BCUT2D eigenvalue weighted by Gasteiger charge is -2.36. The highest BCUT2D eigenvalue weighted by atomic mass is 16.5. The summed E-state index contributed by atoms with van der Waals surface area (Å²) in [7, 11) is 0. The Hall–Kier alpha value is -2.43. The maximum atomic E-state index is 12.2. The van der Waals surface area contributed by atoms with Crippen LogP contribution in [0.4, 0.5) is 0 Å². The molecule has 3 N–H and O–H groups in total. The number of hydrogen-bond acceptors (Lipinski definition) is 4. The van der Waals surface area contributed by atoms with Crippen molar-refractivity contribution in [3.8, 4) is 0 Å². The van der Waals surface area contributed by atoms with Gasteiger partial charge in [-0.2, -0.15) is 0 Å². The average molecular weight is 300 g/mol. The zero-order valence-electron chi connectivity index (χ0n) is 13.0. The highest BCUT2D eigenvalue weighted by Gasteiger charge is 2.37. The van der Waals surface area contributed by atoms with Crippen LogP contribution in [-0.2, 0) is 14.3 Å². The van der Waals surface area contributed by atoms with Gasteiger partial charge in [-0.3, -0.25) is 15.0 Å². The second-order valence-corrected chi connectivity index (χ2v) is 6.03. The van der Waals surface area contributed by atoms with Crippen molar-refractivity contribution in [2.45, 2.75) is 39.2 Å². The van der Waals surface area contributed by atoms with Crippen LogP contribution in [0.3, 0.4) is 0 Å². The van der Waals surface area contributed by atoms with E-state index < -0.39 is 0 Å². The summed E-state index contributed by atoms with van der Waals surface area (Å²) < 4.78 is 5.99. The standard InChI is InChI=1S/C15H15NO2.C2H5NO/c1-15(2)8-7-11-13(17)12(16)9-5-3-4-6-10(9)14(11)18-15;1-2(3)4/h3-6,16H,7-8H2,1-2H3;1H3,(H2,3,4). The Morgan fingerprint density at radius 1 is 1.27 bits per heavy atom. The molecule has 0 radical (unpaired) electrons. The number of Topliss-reactive ketones (excluding diaryl/α,β-unsaturated/α-hetero) is 1. The van der Waals surface area contributed by atoms with E-state index in [9.17, 15) is 9.59 Å². The largest absolute Gasteiger partial charge is 0.487 e. The summed E-state index contributed by atoms with van der Waals surface area (Å²) in [4.78, 5) is 21.4. The van der Waals surface area contributed by atoms with E-state index in [1.807, 2.05) is 38.1 Å². The zero-order valence-corrected chi connectivity index (χ0v) is 13.0. The number of nitrogens with one attached hydrogen (secondary N) is 1. The van der Waals surface area contributed by atoms with Crippen LogP contribution in [0.25, 0.3) is 5.76 Å². The second kappa shape index (κ2) is 5.75. The number of hydrogen-bond donors (Lipinski definition) is 2. The summed E-state index contributed by atoms with van der Waals surface area (Å²) in [5, 5.41) is 7.96. The van der Waals surface area contributed by atoms with Crippen LogP contribution in [-0.4, -0.2) is 23.0 Å². The Labute approximate surface area is 129 Å². The van der Waals surface area contributed by atoms with Gasteiger partial charge in [-0.15, -0.1) is 0 Å². The number of amides is 1. The fourth-order valence-corrected chi connectivity index (χ4v) is 2.53. The second-order valence-electron chi connectivity index (χ2n) is 6.03. The first-order valence-corrected chi connectivity index (χ1v) is 7.14. The Balaban J connectivity index is 0.000000396. The SMILES string of the molecule is CC(N)=O.CC1(C)CCC2=C(O1)c1ccccc1C(=N)C2=O. The van der Waals surface area contributed by atoms with Crippen molar-refractivity contribution in [1.82, 2.24) is 0 Å². The van der Waals surface area contributed by atoms with Gasteiger partial charge >= 0.3 is 0 Å². The van der Waals surface area contributed by atoms with Crippen LogP contribution in [0.5, 0.6) is 0 Å². The fourth-order valence-electron chi connectivity index (χ4n) is 2.53. The molecule has 1 aromatic carbocycles. The van der Waals surface area contributed by atoms with Gasteiger partial charge in [-0.1, -0.05) is 24.3 Å². The van der Waals surface area contributed by atoms with Gasteiger partial charge in [-0.05, 0) is 26.7 Å². The van der Waals surface area contributed by atoms with E-state index in [0.29, 0.717) is 23.3 Å². The van der Waals surface area contributed by atoms with Crippen LogP contribution in [0.15, 0.2) is 29.8 Å². The van der Waals surface area contributed by atoms with E-state index >= 15 is 0 Å². The number of allylic oxidation sites excluding steroid dienone is 1. The van der Waals surface area contributed by atoms with Crippen molar-refractivity contribution in [2.75, 3.05) is 0 Å². The number of rotatable bonds is 0. The fraction of sp³-hybridized carbons (Fsp3) is 0.353. The van der Waals surface area contributed by atoms with Crippen molar-refractivity contribution in [1.29, 1.82) is 5.41 Å². The van der Waals surface area contributed by atoms with Gasteiger partial charge in [0.05, 0.1) is 0 Å². The molecule has 5 heteroatoms. The number of ether oxygens (including phenoxy) is 1. The number of benzene rings is 1. The highest BCUT2D eigenvalue weighted by Crippen LogP contribution is 2.40. The van der Waals surface area contributed by atoms with Crippen LogP contribution in [0.1, 0.15) is 44.7 Å². The molecule has 0 bridgehead atoms. The summed E-state index contributed by atoms with van der Waals surface area (Å²) in [6.45, 7) is 5.37. The molecule has 1 amide bonds. The number of nitrogens with two attached hydrogens (primary N) is 1. The van der Waals surface area contributed by atoms with Gasteiger partial charge in [0.15, 0.2) is 0 Å². The van der Waals surface area contributed by atoms with E-state index in [0.717, 1.165) is 12.0 Å². The van der Waals surface area contributed by atoms with Crippen LogP contribution >= 0.6 is 0 Å². The monoisotopic (exact) mass is 300 g/mol. The first-order valence-electron chi connectivity index (χ1n) is 7.14. The molecule has 5 nitrogen and oxygen atoms in total. The molecule has 0 fully saturated rings. The molecular weight excluding hydrogens is 280 g/mol. The van der Waals surface area contributed by atoms with Gasteiger partial charge in [-0.25, -0.2) is 0 Å². The van der Waals surface area contributed by atoms with Gasteiger partial charge in [0, 0.05) is 23.6 Å². The quantitative estimate of drug-likeness (QED) is 0.770. The molecule has 116 valence electrons. The molecule has 0 aromatic heterocycles. The minimum atomic E-state index is -0.333. The molecule has 3 rings (SSSR count). The molecule has 1 aliphatic heterocycles. The number of carbonyl (C=O) groups is 2. The molecule has 0 spiro atoms. The molecule has 1 heterocycles. The van der Waals surface area contributed by atoms with Gasteiger partial charge < -0.3 is 10.5 Å². The molecule has 0 saturated carbocycles. The van der Waals surface area contributed by atoms with Crippen molar-refractivity contribution in [3.05, 3.63) is 41.0 Å². The maximum Gasteiger partial charge on any atom is 0.214 e. The summed E-state index contributed by atoms with van der Waals surface area (Å²) in [6, 6.07) is 7.50. The number of fused-ring (bicyclic) bond motifs is 2. The Bertz CT molecular complexity index is 683. The molecule has 2 aliphatic rings. The van der Waals surface area contributed by atoms with Crippen LogP contribution in [0, 0.1) is 5.41 Å². The topological polar surface area (TPSA) is 93.2 Å². The third-order valence-electron chi connectivity index (χ3n) is 3.57. The van der Waals surface area contributed by atoms with Crippen molar-refractivity contribution in [3.63, 3.8) is 0 Å². The lowest BCUT2D eigenvalue weighted by Crippen LogP contribution is -2.34. The van der Waals surface area contributed by atoms with E-state index in [-0.39, 0.29) is 23.0 Å². The lowest BCUT2D eigenvalue weighted by molar-refractivity contribution is -0.116. The Kier molecular flexibility index (Phi) is 4.17. The number of ketones is 1. The normalized spacial score (nSPS) is 18.5. The van der Waals surface area contributed by atoms with Crippen molar-refractivity contribution >= 4 is 23.2 Å². The minimum absolute atomic E-state index is 0.0904. The third-order valence-corrected chi connectivity index (χ3v) is 3.57. The Morgan fingerprint density at radius 3 is 2.41 bits per heavy atom. The number of primary amides is 1. The van der Waals surface area contributed by atoms with Crippen molar-refractivity contribution < 1.29 is 14.3 Å². The van der Waals surface area contributed by atoms with Crippen LogP contribution in [0.2, 0.25) is 0 Å². The Morgan fingerprint density at radius 2 is 1.82 bits per heavy atom. The third kappa shape index (κ3) is 3.08. The maximum absolute atomic E-state index is 12.2. The highest BCUT2D eigenvalue weighted by molar-refractivity contribution is 6.53. The molecule has 1 aromatic rings. The molecule has 0 saturated heterocycles. The van der Waals surface area contributed by atoms with E-state index in [1.54, 1.807) is 0 Å². The summed E-state index contributed by atoms with van der Waals surface area (Å²) in [5.41, 5.74) is 6.54. The molecule has 0 atom stereocenters. The minimum Gasteiger partial charge on any atom is -0.487 e. The van der Waals surface area contributed by atoms with Crippen molar-refractivity contribution in [2.24, 2.45) is 5.73 Å². The predicted molar refractivity (Wildman–Crippen MR) is 84.5 cm³/mol. The molecular formula is C17H20N2O3. The summed E-state index contributed by atoms with van der Waals surface area (Å²) in [6.07, 6.45) is 1.50. The molecule has 1 aliphatic carbocycles. The number of carbonyl (C=O) groups excluding carboxylic acids is 2. The van der Waals surface area contributed by atoms with E-state index in [1.165, 1.54) is 6.92 Å². The van der Waals surface area contributed by atoms with E-state index in [4.69, 9.17) is 10.1 Å². The molecule has 0 unspecified atom stereocenters. The smallest absolute Gasteiger partial charge is 0.214 e. The van der Waals surface area contributed by atoms with E-state index in [2.05, 4.69) is 5.73 Å². The lowest BCUT2D eigenvalue weighted by atomic mass is 9.82. The summed E-state index contributed by atoms with van der Waals surface area (Å²) in [5.74, 6) is 0.169. The first-order chi connectivity index (χ1) is 10.2. The first kappa shape index (κ1) is 15.9. The zero-order chi connectivity index (χ0) is 16.5. The van der Waals surface area contributed by atoms with Crippen LogP contribution < -0.4 is 5.73 Å². The van der Waals surface area contributed by atoms with Gasteiger partial charge in [0.1, 0.15) is 17.1 Å². The molecule has 22 heavy (non-hydrogen) atoms. The predicted octanol–water partition coefficient (Wildman–Crippen LogP) is 2.43.